The van der Waals surface area contributed by atoms with Gasteiger partial charge in [-0.05, 0) is 24.3 Å². The minimum absolute atomic E-state index is 0.0430. The Morgan fingerprint density at radius 1 is 0.893 bits per heavy atom. The maximum atomic E-state index is 14.3. The molecule has 0 aliphatic carbocycles. The van der Waals surface area contributed by atoms with Crippen molar-refractivity contribution < 1.29 is 22.3 Å². The molecule has 4 rings (SSSR count). The Hall–Kier alpha value is -3.75. The third kappa shape index (κ3) is 2.77. The first kappa shape index (κ1) is 17.7. The number of hydrogen-bond acceptors (Lipinski definition) is 4. The van der Waals surface area contributed by atoms with Crippen molar-refractivity contribution in [1.29, 1.82) is 0 Å². The average molecular weight is 386 g/mol. The standard InChI is InChI=1S/C19H10F4N4O/c20-9-4-5-10(14(23)8-9)16-11-6-7-27(28)18(17(11)26-19(24)25-16)15-12(21)2-1-3-13(15)22/h1-8H,(H2,24,25,26). The van der Waals surface area contributed by atoms with E-state index in [9.17, 15) is 22.8 Å². The molecule has 0 fully saturated rings. The number of benzene rings is 2. The van der Waals surface area contributed by atoms with Gasteiger partial charge in [-0.2, -0.15) is 4.73 Å². The van der Waals surface area contributed by atoms with E-state index in [1.54, 1.807) is 0 Å². The molecule has 2 aromatic carbocycles. The van der Waals surface area contributed by atoms with Crippen molar-refractivity contribution in [3.05, 3.63) is 77.1 Å². The van der Waals surface area contributed by atoms with Crippen molar-refractivity contribution in [2.24, 2.45) is 0 Å². The Morgan fingerprint density at radius 3 is 2.29 bits per heavy atom. The van der Waals surface area contributed by atoms with Crippen LogP contribution < -0.4 is 10.5 Å². The van der Waals surface area contributed by atoms with Gasteiger partial charge in [-0.25, -0.2) is 27.5 Å². The highest BCUT2D eigenvalue weighted by Crippen LogP contribution is 2.34. The predicted molar refractivity (Wildman–Crippen MR) is 93.6 cm³/mol. The SMILES string of the molecule is Nc1nc(-c2ccc(F)cc2F)c2cc[n+]([O-])c(-c3c(F)cccc3F)c2n1. The Kier molecular flexibility index (Phi) is 4.07. The summed E-state index contributed by atoms with van der Waals surface area (Å²) in [5, 5.41) is 12.5. The highest BCUT2D eigenvalue weighted by Gasteiger charge is 2.26. The summed E-state index contributed by atoms with van der Waals surface area (Å²) in [6.07, 6.45) is 0.994. The molecule has 2 heterocycles. The molecule has 0 radical (unpaired) electrons. The number of nitrogens with two attached hydrogens (primary N) is 1. The predicted octanol–water partition coefficient (Wildman–Crippen LogP) is 3.74. The number of anilines is 1. The van der Waals surface area contributed by atoms with Crippen LogP contribution in [-0.2, 0) is 0 Å². The van der Waals surface area contributed by atoms with Gasteiger partial charge in [-0.1, -0.05) is 6.07 Å². The average Bonchev–Trinajstić information content (AvgIpc) is 2.62. The molecule has 0 amide bonds. The molecule has 4 aromatic rings. The minimum atomic E-state index is -0.983. The van der Waals surface area contributed by atoms with Gasteiger partial charge < -0.3 is 10.9 Å². The van der Waals surface area contributed by atoms with E-state index < -0.39 is 34.5 Å². The largest absolute Gasteiger partial charge is 0.618 e. The Balaban J connectivity index is 2.13. The van der Waals surface area contributed by atoms with Gasteiger partial charge >= 0.3 is 0 Å². The van der Waals surface area contributed by atoms with Crippen molar-refractivity contribution in [2.75, 3.05) is 5.73 Å². The summed E-state index contributed by atoms with van der Waals surface area (Å²) in [6, 6.07) is 7.22. The van der Waals surface area contributed by atoms with Gasteiger partial charge in [0.1, 0.15) is 28.8 Å². The second kappa shape index (κ2) is 6.45. The van der Waals surface area contributed by atoms with Crippen LogP contribution in [-0.4, -0.2) is 9.97 Å². The van der Waals surface area contributed by atoms with E-state index in [2.05, 4.69) is 9.97 Å². The summed E-state index contributed by atoms with van der Waals surface area (Å²) in [5.74, 6) is -4.03. The lowest BCUT2D eigenvalue weighted by molar-refractivity contribution is -0.592. The number of pyridine rings is 1. The van der Waals surface area contributed by atoms with Crippen LogP contribution in [0.5, 0.6) is 0 Å². The molecule has 5 nitrogen and oxygen atoms in total. The van der Waals surface area contributed by atoms with Crippen LogP contribution in [0.25, 0.3) is 33.4 Å². The number of halogens is 4. The van der Waals surface area contributed by atoms with Crippen molar-refractivity contribution in [2.45, 2.75) is 0 Å². The third-order valence-electron chi connectivity index (χ3n) is 4.17. The maximum absolute atomic E-state index is 14.3. The first-order valence-corrected chi connectivity index (χ1v) is 7.96. The Morgan fingerprint density at radius 2 is 1.61 bits per heavy atom. The summed E-state index contributed by atoms with van der Waals surface area (Å²) in [6.45, 7) is 0. The molecule has 28 heavy (non-hydrogen) atoms. The van der Waals surface area contributed by atoms with Crippen LogP contribution in [0.4, 0.5) is 23.5 Å². The molecule has 0 saturated heterocycles. The summed E-state index contributed by atoms with van der Waals surface area (Å²) >= 11 is 0. The lowest BCUT2D eigenvalue weighted by atomic mass is 10.0. The molecule has 0 aliphatic heterocycles. The van der Waals surface area contributed by atoms with Crippen molar-refractivity contribution in [3.63, 3.8) is 0 Å². The van der Waals surface area contributed by atoms with Crippen molar-refractivity contribution in [1.82, 2.24) is 9.97 Å². The number of fused-ring (bicyclic) bond motifs is 1. The van der Waals surface area contributed by atoms with E-state index in [1.165, 1.54) is 6.07 Å². The fraction of sp³-hybridized carbons (Fsp3) is 0. The van der Waals surface area contributed by atoms with Gasteiger partial charge in [0.25, 0.3) is 5.69 Å². The van der Waals surface area contributed by atoms with Gasteiger partial charge in [0.2, 0.25) is 5.95 Å². The zero-order chi connectivity index (χ0) is 20.0. The topological polar surface area (TPSA) is 78.7 Å². The first-order valence-electron chi connectivity index (χ1n) is 7.96. The Bertz CT molecular complexity index is 1230. The van der Waals surface area contributed by atoms with Crippen LogP contribution >= 0.6 is 0 Å². The lowest BCUT2D eigenvalue weighted by Gasteiger charge is -2.12. The molecule has 0 atom stereocenters. The van der Waals surface area contributed by atoms with Gasteiger partial charge in [-0.3, -0.25) is 0 Å². The zero-order valence-electron chi connectivity index (χ0n) is 14.0. The zero-order valence-corrected chi connectivity index (χ0v) is 14.0. The van der Waals surface area contributed by atoms with E-state index in [0.29, 0.717) is 6.07 Å². The highest BCUT2D eigenvalue weighted by molar-refractivity contribution is 5.98. The molecular weight excluding hydrogens is 376 g/mol. The van der Waals surface area contributed by atoms with E-state index in [-0.39, 0.29) is 32.8 Å². The number of aromatic nitrogens is 3. The summed E-state index contributed by atoms with van der Waals surface area (Å²) in [4.78, 5) is 7.92. The Labute approximate surface area is 155 Å². The summed E-state index contributed by atoms with van der Waals surface area (Å²) in [5.41, 5.74) is 4.33. The normalized spacial score (nSPS) is 11.1. The lowest BCUT2D eigenvalue weighted by Crippen LogP contribution is -2.30. The van der Waals surface area contributed by atoms with E-state index >= 15 is 0 Å². The van der Waals surface area contributed by atoms with Crippen LogP contribution in [0.3, 0.4) is 0 Å². The molecule has 0 unspecified atom stereocenters. The quantitative estimate of drug-likeness (QED) is 0.323. The molecule has 0 bridgehead atoms. The summed E-state index contributed by atoms with van der Waals surface area (Å²) < 4.78 is 56.4. The third-order valence-corrected chi connectivity index (χ3v) is 4.17. The van der Waals surface area contributed by atoms with Crippen LogP contribution in [0.2, 0.25) is 0 Å². The van der Waals surface area contributed by atoms with Crippen molar-refractivity contribution in [3.8, 4) is 22.5 Å². The fourth-order valence-corrected chi connectivity index (χ4v) is 2.99. The number of nitrogen functional groups attached to an aromatic ring is 1. The molecule has 9 heteroatoms. The highest BCUT2D eigenvalue weighted by atomic mass is 19.1. The second-order valence-corrected chi connectivity index (χ2v) is 5.90. The van der Waals surface area contributed by atoms with Crippen LogP contribution in [0, 0.1) is 28.5 Å². The van der Waals surface area contributed by atoms with Crippen LogP contribution in [0.1, 0.15) is 0 Å². The van der Waals surface area contributed by atoms with Crippen LogP contribution in [0.15, 0.2) is 48.7 Å². The van der Waals surface area contributed by atoms with Crippen molar-refractivity contribution >= 4 is 16.9 Å². The van der Waals surface area contributed by atoms with E-state index in [4.69, 9.17) is 5.73 Å². The van der Waals surface area contributed by atoms with Gasteiger partial charge in [-0.15, -0.1) is 0 Å². The second-order valence-electron chi connectivity index (χ2n) is 5.90. The minimum Gasteiger partial charge on any atom is -0.618 e. The van der Waals surface area contributed by atoms with E-state index in [1.807, 2.05) is 0 Å². The number of rotatable bonds is 2. The molecule has 2 aromatic heterocycles. The number of nitrogens with zero attached hydrogens (tertiary/aromatic N) is 3. The smallest absolute Gasteiger partial charge is 0.256 e. The molecule has 0 aliphatic rings. The number of hydrogen-bond donors (Lipinski definition) is 1. The molecular formula is C19H10F4N4O. The monoisotopic (exact) mass is 386 g/mol. The fourth-order valence-electron chi connectivity index (χ4n) is 2.99. The van der Waals surface area contributed by atoms with Gasteiger partial charge in [0.15, 0.2) is 11.7 Å². The molecule has 2 N–H and O–H groups in total. The molecule has 0 spiro atoms. The van der Waals surface area contributed by atoms with Gasteiger partial charge in [0.05, 0.1) is 5.69 Å². The van der Waals surface area contributed by atoms with Gasteiger partial charge in [0, 0.05) is 23.1 Å². The molecule has 140 valence electrons. The molecule has 0 saturated carbocycles. The maximum Gasteiger partial charge on any atom is 0.256 e. The first-order chi connectivity index (χ1) is 13.4. The van der Waals surface area contributed by atoms with E-state index in [0.717, 1.165) is 36.5 Å². The summed E-state index contributed by atoms with van der Waals surface area (Å²) in [7, 11) is 0.